The van der Waals surface area contributed by atoms with Crippen molar-refractivity contribution in [3.05, 3.63) is 42.0 Å². The van der Waals surface area contributed by atoms with Crippen molar-refractivity contribution in [2.75, 3.05) is 20.5 Å². The molecule has 0 amide bonds. The maximum Gasteiger partial charge on any atom is 0.338 e. The first kappa shape index (κ1) is 16.3. The number of benzene rings is 2. The number of carbonyl (C=O) groups excluding carboxylic acids is 1. The highest BCUT2D eigenvalue weighted by Gasteiger charge is 2.19. The summed E-state index contributed by atoms with van der Waals surface area (Å²) in [5.74, 6) is 0.0464. The molecule has 1 heterocycles. The smallest absolute Gasteiger partial charge is 0.338 e. The van der Waals surface area contributed by atoms with Gasteiger partial charge < -0.3 is 23.9 Å². The lowest BCUT2D eigenvalue weighted by molar-refractivity contribution is 0.0495. The van der Waals surface area contributed by atoms with E-state index in [2.05, 4.69) is 0 Å². The van der Waals surface area contributed by atoms with Crippen LogP contribution in [0.1, 0.15) is 17.3 Å². The molecule has 0 atom stereocenters. The number of carbonyl (C=O) groups is 1. The van der Waals surface area contributed by atoms with E-state index >= 15 is 0 Å². The normalized spacial score (nSPS) is 11.1. The highest BCUT2D eigenvalue weighted by molar-refractivity contribution is 6.12. The molecular weight excluding hydrogens is 310 g/mol. The van der Waals surface area contributed by atoms with E-state index < -0.39 is 5.97 Å². The average molecular weight is 329 g/mol. The van der Waals surface area contributed by atoms with Gasteiger partial charge in [-0.25, -0.2) is 4.79 Å². The lowest BCUT2D eigenvalue weighted by Crippen LogP contribution is -2.07. The number of ether oxygens (including phenoxy) is 3. The van der Waals surface area contributed by atoms with Gasteiger partial charge in [0.1, 0.15) is 12.5 Å². The molecule has 0 aliphatic rings. The zero-order chi connectivity index (χ0) is 17.1. The van der Waals surface area contributed by atoms with Gasteiger partial charge in [0.15, 0.2) is 6.79 Å². The Morgan fingerprint density at radius 1 is 1.21 bits per heavy atom. The molecule has 6 nitrogen and oxygen atoms in total. The van der Waals surface area contributed by atoms with Crippen molar-refractivity contribution >= 4 is 27.8 Å². The van der Waals surface area contributed by atoms with Gasteiger partial charge in [-0.15, -0.1) is 0 Å². The van der Waals surface area contributed by atoms with Crippen molar-refractivity contribution in [1.29, 1.82) is 0 Å². The van der Waals surface area contributed by atoms with E-state index in [-0.39, 0.29) is 13.5 Å². The summed E-state index contributed by atoms with van der Waals surface area (Å²) in [7, 11) is 1.52. The van der Waals surface area contributed by atoms with E-state index in [4.69, 9.17) is 14.2 Å². The van der Waals surface area contributed by atoms with Crippen LogP contribution in [-0.2, 0) is 16.2 Å². The maximum atomic E-state index is 12.2. The molecule has 3 aromatic rings. The van der Waals surface area contributed by atoms with Crippen LogP contribution in [0.5, 0.6) is 5.75 Å². The summed E-state index contributed by atoms with van der Waals surface area (Å²) in [5, 5.41) is 11.6. The van der Waals surface area contributed by atoms with Gasteiger partial charge in [0.2, 0.25) is 0 Å². The first-order valence-corrected chi connectivity index (χ1v) is 7.66. The number of fused-ring (bicyclic) bond motifs is 3. The minimum atomic E-state index is -0.414. The number of aliphatic hydroxyl groups is 1. The summed E-state index contributed by atoms with van der Waals surface area (Å²) < 4.78 is 17.5. The predicted molar refractivity (Wildman–Crippen MR) is 90.1 cm³/mol. The van der Waals surface area contributed by atoms with Gasteiger partial charge in [0.25, 0.3) is 0 Å². The number of aromatic nitrogens is 1. The summed E-state index contributed by atoms with van der Waals surface area (Å²) >= 11 is 0. The van der Waals surface area contributed by atoms with Crippen LogP contribution in [0.2, 0.25) is 0 Å². The number of methoxy groups -OCH3 is 1. The number of rotatable bonds is 6. The first-order valence-electron chi connectivity index (χ1n) is 7.66. The second-order valence-electron chi connectivity index (χ2n) is 5.23. The lowest BCUT2D eigenvalue weighted by atomic mass is 10.1. The molecule has 2 aromatic carbocycles. The molecule has 126 valence electrons. The van der Waals surface area contributed by atoms with Crippen LogP contribution in [0.25, 0.3) is 21.8 Å². The monoisotopic (exact) mass is 329 g/mol. The van der Waals surface area contributed by atoms with Gasteiger partial charge in [-0.3, -0.25) is 0 Å². The van der Waals surface area contributed by atoms with E-state index in [0.29, 0.717) is 23.4 Å². The lowest BCUT2D eigenvalue weighted by Gasteiger charge is -2.11. The number of hydrogen-bond acceptors (Lipinski definition) is 5. The molecular formula is C18H19NO5. The molecule has 0 aliphatic carbocycles. The third kappa shape index (κ3) is 2.70. The minimum absolute atomic E-state index is 0.0360. The predicted octanol–water partition coefficient (Wildman–Crippen LogP) is 2.90. The summed E-state index contributed by atoms with van der Waals surface area (Å²) in [6.07, 6.45) is 0. The summed E-state index contributed by atoms with van der Waals surface area (Å²) in [6.45, 7) is 1.89. The molecule has 0 saturated heterocycles. The van der Waals surface area contributed by atoms with Gasteiger partial charge in [-0.1, -0.05) is 18.2 Å². The number of aliphatic hydroxyl groups excluding tert-OH is 1. The Morgan fingerprint density at radius 2 is 2.00 bits per heavy atom. The fourth-order valence-corrected chi connectivity index (χ4v) is 2.86. The Bertz CT molecular complexity index is 884. The maximum absolute atomic E-state index is 12.2. The largest absolute Gasteiger partial charge is 0.465 e. The number of para-hydroxylation sites is 1. The van der Waals surface area contributed by atoms with Crippen LogP contribution in [0.4, 0.5) is 0 Å². The second kappa shape index (κ2) is 6.90. The average Bonchev–Trinajstić information content (AvgIpc) is 2.93. The SMILES string of the molecule is CCOC(=O)c1cc(OCOC)c2c(c1)c1ccccc1n2CO. The quantitative estimate of drug-likeness (QED) is 0.556. The van der Waals surface area contributed by atoms with E-state index in [1.807, 2.05) is 24.3 Å². The Balaban J connectivity index is 2.32. The summed E-state index contributed by atoms with van der Waals surface area (Å²) in [5.41, 5.74) is 1.97. The molecule has 0 unspecified atom stereocenters. The Morgan fingerprint density at radius 3 is 2.71 bits per heavy atom. The Labute approximate surface area is 139 Å². The zero-order valence-corrected chi connectivity index (χ0v) is 13.6. The number of nitrogens with zero attached hydrogens (tertiary/aromatic N) is 1. The summed E-state index contributed by atoms with van der Waals surface area (Å²) in [6, 6.07) is 11.0. The minimum Gasteiger partial charge on any atom is -0.465 e. The molecule has 24 heavy (non-hydrogen) atoms. The number of hydrogen-bond donors (Lipinski definition) is 1. The molecule has 0 saturated carbocycles. The molecule has 0 bridgehead atoms. The third-order valence-electron chi connectivity index (χ3n) is 3.81. The van der Waals surface area contributed by atoms with Crippen LogP contribution < -0.4 is 4.74 Å². The van der Waals surface area contributed by atoms with Gasteiger partial charge in [-0.05, 0) is 25.1 Å². The first-order chi connectivity index (χ1) is 11.7. The molecule has 0 radical (unpaired) electrons. The van der Waals surface area contributed by atoms with Gasteiger partial charge in [0.05, 0.1) is 23.2 Å². The van der Waals surface area contributed by atoms with E-state index in [9.17, 15) is 9.90 Å². The second-order valence-corrected chi connectivity index (χ2v) is 5.23. The van der Waals surface area contributed by atoms with Crippen LogP contribution in [0, 0.1) is 0 Å². The van der Waals surface area contributed by atoms with Crippen LogP contribution in [0.15, 0.2) is 36.4 Å². The van der Waals surface area contributed by atoms with E-state index in [1.54, 1.807) is 23.6 Å². The Hall–Kier alpha value is -2.57. The molecule has 1 N–H and O–H groups in total. The van der Waals surface area contributed by atoms with Gasteiger partial charge in [0, 0.05) is 17.9 Å². The van der Waals surface area contributed by atoms with E-state index in [1.165, 1.54) is 7.11 Å². The topological polar surface area (TPSA) is 69.9 Å². The van der Waals surface area contributed by atoms with Crippen LogP contribution >= 0.6 is 0 Å². The van der Waals surface area contributed by atoms with Crippen molar-refractivity contribution in [3.8, 4) is 5.75 Å². The molecule has 3 rings (SSSR count). The van der Waals surface area contributed by atoms with Crippen molar-refractivity contribution in [2.24, 2.45) is 0 Å². The van der Waals surface area contributed by atoms with Crippen molar-refractivity contribution in [3.63, 3.8) is 0 Å². The third-order valence-corrected chi connectivity index (χ3v) is 3.81. The van der Waals surface area contributed by atoms with Crippen LogP contribution in [0.3, 0.4) is 0 Å². The zero-order valence-electron chi connectivity index (χ0n) is 13.6. The molecule has 0 aliphatic heterocycles. The highest BCUT2D eigenvalue weighted by atomic mass is 16.7. The molecule has 6 heteroatoms. The molecule has 0 fully saturated rings. The molecule has 0 spiro atoms. The van der Waals surface area contributed by atoms with Crippen molar-refractivity contribution in [2.45, 2.75) is 13.7 Å². The van der Waals surface area contributed by atoms with Gasteiger partial charge >= 0.3 is 5.97 Å². The fraction of sp³-hybridized carbons (Fsp3) is 0.278. The summed E-state index contributed by atoms with van der Waals surface area (Å²) in [4.78, 5) is 12.2. The molecule has 1 aromatic heterocycles. The van der Waals surface area contributed by atoms with Crippen molar-refractivity contribution in [1.82, 2.24) is 4.57 Å². The number of esters is 1. The van der Waals surface area contributed by atoms with E-state index in [0.717, 1.165) is 16.3 Å². The van der Waals surface area contributed by atoms with Gasteiger partial charge in [-0.2, -0.15) is 0 Å². The van der Waals surface area contributed by atoms with Crippen LogP contribution in [-0.4, -0.2) is 36.2 Å². The fourth-order valence-electron chi connectivity index (χ4n) is 2.86. The van der Waals surface area contributed by atoms with Crippen molar-refractivity contribution < 1.29 is 24.1 Å². The standard InChI is InChI=1S/C18H19NO5/c1-3-23-18(21)12-8-14-13-6-4-5-7-15(13)19(10-20)17(14)16(9-12)24-11-22-2/h4-9,20H,3,10-11H2,1-2H3. The highest BCUT2D eigenvalue weighted by Crippen LogP contribution is 2.36. The Kier molecular flexibility index (Phi) is 4.69.